The maximum Gasteiger partial charge on any atom is 0.179 e. The van der Waals surface area contributed by atoms with Gasteiger partial charge in [0, 0.05) is 66.9 Å². The van der Waals surface area contributed by atoms with Gasteiger partial charge in [-0.2, -0.15) is 12.1 Å². The van der Waals surface area contributed by atoms with Crippen LogP contribution >= 0.6 is 0 Å². The molecule has 0 bridgehead atoms. The largest absolute Gasteiger partial charge is 0.509 e. The number of ether oxygens (including phenoxy) is 1. The van der Waals surface area contributed by atoms with E-state index >= 15 is 0 Å². The minimum absolute atomic E-state index is 0. The molecular formula is C65H51N4OPtSi-3. The van der Waals surface area contributed by atoms with Crippen molar-refractivity contribution in [3.05, 3.63) is 260 Å². The van der Waals surface area contributed by atoms with Crippen molar-refractivity contribution in [1.29, 1.82) is 0 Å². The molecule has 72 heavy (non-hydrogen) atoms. The third-order valence-corrected chi connectivity index (χ3v) is 18.4. The van der Waals surface area contributed by atoms with Gasteiger partial charge in [-0.25, -0.2) is 4.98 Å². The normalized spacial score (nSPS) is 13.5. The van der Waals surface area contributed by atoms with Gasteiger partial charge in [0.05, 0.1) is 6.85 Å². The van der Waals surface area contributed by atoms with Crippen molar-refractivity contribution < 1.29 is 32.7 Å². The molecule has 0 saturated carbocycles. The van der Waals surface area contributed by atoms with Gasteiger partial charge in [0.1, 0.15) is 5.82 Å². The maximum atomic E-state index is 8.82. The zero-order valence-electron chi connectivity index (χ0n) is 45.1. The van der Waals surface area contributed by atoms with Crippen LogP contribution in [0.25, 0.3) is 38.8 Å². The summed E-state index contributed by atoms with van der Waals surface area (Å²) in [5.41, 5.74) is 8.08. The summed E-state index contributed by atoms with van der Waals surface area (Å²) in [6.07, 6.45) is 1.62. The van der Waals surface area contributed by atoms with Crippen molar-refractivity contribution in [2.75, 3.05) is 9.80 Å². The average molecular weight is 1130 g/mol. The average Bonchev–Trinajstić information content (AvgIpc) is 4.11. The second-order valence-corrected chi connectivity index (χ2v) is 22.8. The van der Waals surface area contributed by atoms with Gasteiger partial charge >= 0.3 is 0 Å². The molecule has 0 aliphatic carbocycles. The van der Waals surface area contributed by atoms with Crippen LogP contribution in [0.15, 0.2) is 231 Å². The molecule has 0 N–H and O–H groups in total. The summed E-state index contributed by atoms with van der Waals surface area (Å²) in [7, 11) is -2.99. The third kappa shape index (κ3) is 8.25. The molecule has 11 aromatic rings. The Morgan fingerprint density at radius 3 is 1.85 bits per heavy atom. The number of para-hydroxylation sites is 2. The molecule has 7 heteroatoms. The van der Waals surface area contributed by atoms with E-state index in [0.29, 0.717) is 28.4 Å². The summed E-state index contributed by atoms with van der Waals surface area (Å²) >= 11 is 0. The van der Waals surface area contributed by atoms with Gasteiger partial charge in [-0.3, -0.25) is 0 Å². The first-order valence-corrected chi connectivity index (χ1v) is 25.9. The van der Waals surface area contributed by atoms with E-state index in [1.807, 2.05) is 43.3 Å². The Balaban J connectivity index is 0.00000631. The van der Waals surface area contributed by atoms with E-state index in [4.69, 9.17) is 16.6 Å². The van der Waals surface area contributed by atoms with Crippen LogP contribution in [0.1, 0.15) is 38.8 Å². The van der Waals surface area contributed by atoms with Crippen LogP contribution in [0.2, 0.25) is 0 Å². The Morgan fingerprint density at radius 1 is 0.583 bits per heavy atom. The summed E-state index contributed by atoms with van der Waals surface area (Å²) in [6, 6.07) is 73.6. The molecule has 1 aliphatic heterocycles. The van der Waals surface area contributed by atoms with Gasteiger partial charge in [0.25, 0.3) is 0 Å². The smallest absolute Gasteiger partial charge is 0.179 e. The standard InChI is InChI=1S/C65H51N4OSi.Pt/c1-46-39-64(66-44-59(46)47-21-9-5-10-22-47)69-62-42-52(70-51-26-20-25-50(41-51)68-45-67(60-33-17-18-34-61(60)68)49-24-19-23-48(40-49)65(2,3)4)35-37-57(62)58-38-36-56(43-63(58)69)71(53-27-11-6-12-28-53,54-29-13-7-14-30-54)55-31-15-8-16-32-55;/h5-40,43-45H,1-4H3;/q-3;/i5D,9D,10D,21D,22D;. The first-order valence-electron chi connectivity index (χ1n) is 26.4. The Labute approximate surface area is 445 Å². The van der Waals surface area contributed by atoms with Gasteiger partial charge in [-0.1, -0.05) is 184 Å². The Hall–Kier alpha value is -7.76. The van der Waals surface area contributed by atoms with Crippen molar-refractivity contribution in [2.24, 2.45) is 0 Å². The van der Waals surface area contributed by atoms with Crippen molar-refractivity contribution >= 4 is 73.4 Å². The molecule has 5 nitrogen and oxygen atoms in total. The Bertz CT molecular complexity index is 3910. The predicted molar refractivity (Wildman–Crippen MR) is 297 cm³/mol. The fourth-order valence-corrected chi connectivity index (χ4v) is 15.0. The van der Waals surface area contributed by atoms with E-state index in [0.717, 1.165) is 44.6 Å². The SMILES string of the molecule is [2H]c1c([2H])c([2H])c(-c2cnc(-n3c4[c-]c(Oc5[c-]c(N6[CH-]N(c7cccc(C(C)(C)C)c7)c7ccccc76)ccc5)ccc4c4ccc([Si](c5ccccc5)(c5ccccc5)c5ccccc5)cc43)cc2C)c([2H])c1[2H].[Pt]. The number of aromatic nitrogens is 2. The molecule has 1 aliphatic rings. The number of hydrogen-bond donors (Lipinski definition) is 0. The van der Waals surface area contributed by atoms with E-state index in [1.165, 1.54) is 26.3 Å². The number of rotatable bonds is 10. The van der Waals surface area contributed by atoms with Crippen molar-refractivity contribution in [3.8, 4) is 28.4 Å². The molecular weight excluding hydrogens is 1080 g/mol. The quantitative estimate of drug-likeness (QED) is 0.0776. The Morgan fingerprint density at radius 2 is 1.19 bits per heavy atom. The van der Waals surface area contributed by atoms with Gasteiger partial charge in [-0.05, 0) is 91.6 Å². The summed E-state index contributed by atoms with van der Waals surface area (Å²) in [6.45, 7) is 10.7. The molecule has 354 valence electrons. The predicted octanol–water partition coefficient (Wildman–Crippen LogP) is 13.6. The second-order valence-electron chi connectivity index (χ2n) is 19.0. The van der Waals surface area contributed by atoms with Crippen molar-refractivity contribution in [1.82, 2.24) is 9.55 Å². The first-order chi connectivity index (χ1) is 36.8. The molecule has 2 aromatic heterocycles. The Kier molecular flexibility index (Phi) is 10.9. The summed E-state index contributed by atoms with van der Waals surface area (Å²) in [5.74, 6) is 1.56. The molecule has 0 spiro atoms. The van der Waals surface area contributed by atoms with E-state index in [-0.39, 0.29) is 44.1 Å². The summed E-state index contributed by atoms with van der Waals surface area (Å²) < 4.78 is 51.6. The summed E-state index contributed by atoms with van der Waals surface area (Å²) in [4.78, 5) is 9.44. The molecule has 0 saturated heterocycles. The number of aryl methyl sites for hydroxylation is 1. The van der Waals surface area contributed by atoms with E-state index in [1.54, 1.807) is 6.20 Å². The number of nitrogens with zero attached hydrogens (tertiary/aromatic N) is 4. The van der Waals surface area contributed by atoms with Crippen molar-refractivity contribution in [3.63, 3.8) is 0 Å². The topological polar surface area (TPSA) is 33.5 Å². The van der Waals surface area contributed by atoms with Gasteiger partial charge in [0.15, 0.2) is 8.07 Å². The van der Waals surface area contributed by atoms with Crippen LogP contribution in [0.5, 0.6) is 11.5 Å². The molecule has 0 amide bonds. The molecule has 0 unspecified atom stereocenters. The summed E-state index contributed by atoms with van der Waals surface area (Å²) in [5, 5.41) is 6.82. The van der Waals surface area contributed by atoms with Crippen LogP contribution in [0.3, 0.4) is 0 Å². The van der Waals surface area contributed by atoms with Crippen LogP contribution < -0.4 is 35.3 Å². The minimum Gasteiger partial charge on any atom is -0.509 e. The molecule has 9 aromatic carbocycles. The van der Waals surface area contributed by atoms with Gasteiger partial charge < -0.3 is 19.1 Å². The van der Waals surface area contributed by atoms with E-state index in [9.17, 15) is 0 Å². The van der Waals surface area contributed by atoms with Crippen LogP contribution in [-0.2, 0) is 26.5 Å². The molecule has 0 radical (unpaired) electrons. The number of anilines is 4. The van der Waals surface area contributed by atoms with Crippen molar-refractivity contribution in [2.45, 2.75) is 33.1 Å². The fraction of sp³-hybridized carbons (Fsp3) is 0.0769. The minimum atomic E-state index is -2.99. The molecule has 0 atom stereocenters. The van der Waals surface area contributed by atoms with E-state index < -0.39 is 26.2 Å². The number of pyridine rings is 1. The molecule has 3 heterocycles. The number of hydrogen-bond acceptors (Lipinski definition) is 4. The maximum absolute atomic E-state index is 8.82. The molecule has 0 fully saturated rings. The number of benzene rings is 9. The monoisotopic (exact) mass is 1130 g/mol. The number of fused-ring (bicyclic) bond motifs is 4. The zero-order valence-corrected chi connectivity index (χ0v) is 43.4. The second kappa shape index (κ2) is 19.1. The zero-order chi connectivity index (χ0) is 52.5. The van der Waals surface area contributed by atoms with Crippen LogP contribution in [0.4, 0.5) is 22.7 Å². The molecule has 12 rings (SSSR count). The fourth-order valence-electron chi connectivity index (χ4n) is 10.2. The van der Waals surface area contributed by atoms with E-state index in [2.05, 4.69) is 212 Å². The first kappa shape index (κ1) is 40.9. The van der Waals surface area contributed by atoms with Gasteiger partial charge in [0.2, 0.25) is 0 Å². The van der Waals surface area contributed by atoms with Crippen LogP contribution in [-0.4, -0.2) is 17.6 Å². The van der Waals surface area contributed by atoms with Crippen LogP contribution in [0, 0.1) is 25.7 Å². The van der Waals surface area contributed by atoms with Gasteiger partial charge in [-0.15, -0.1) is 48.1 Å². The third-order valence-electron chi connectivity index (χ3n) is 13.7.